The number of benzene rings is 1. The molecule has 0 aliphatic carbocycles. The van der Waals surface area contributed by atoms with E-state index in [0.717, 1.165) is 12.8 Å². The molecule has 0 saturated carbocycles. The van der Waals surface area contributed by atoms with Gasteiger partial charge in [-0.3, -0.25) is 19.8 Å². The summed E-state index contributed by atoms with van der Waals surface area (Å²) >= 11 is 0. The van der Waals surface area contributed by atoms with E-state index in [1.165, 1.54) is 24.3 Å². The van der Waals surface area contributed by atoms with Crippen LogP contribution in [0.4, 0.5) is 10.5 Å². The Morgan fingerprint density at radius 3 is 2.52 bits per heavy atom. The molecule has 33 heavy (non-hydrogen) atoms. The first kappa shape index (κ1) is 24.2. The molecular formula is C22H28N4O7. The summed E-state index contributed by atoms with van der Waals surface area (Å²) in [7, 11) is 0. The van der Waals surface area contributed by atoms with Gasteiger partial charge in [0.25, 0.3) is 5.69 Å². The Balaban J connectivity index is 1.91. The number of likely N-dealkylation sites (tertiary alicyclic amines) is 1. The fourth-order valence-corrected chi connectivity index (χ4v) is 4.11. The largest absolute Gasteiger partial charge is 0.466 e. The third kappa shape index (κ3) is 5.86. The highest BCUT2D eigenvalue weighted by Crippen LogP contribution is 2.30. The molecule has 0 spiro atoms. The Kier molecular flexibility index (Phi) is 7.99. The van der Waals surface area contributed by atoms with Crippen molar-refractivity contribution in [1.29, 1.82) is 0 Å². The molecule has 0 bridgehead atoms. The lowest BCUT2D eigenvalue weighted by molar-refractivity contribution is -0.384. The van der Waals surface area contributed by atoms with Crippen LogP contribution in [-0.2, 0) is 19.1 Å². The molecule has 2 aliphatic rings. The minimum atomic E-state index is -0.834. The number of piperidine rings is 1. The molecule has 11 heteroatoms. The Morgan fingerprint density at radius 1 is 1.18 bits per heavy atom. The number of amides is 2. The van der Waals surface area contributed by atoms with Crippen molar-refractivity contribution in [3.05, 3.63) is 51.2 Å². The predicted octanol–water partition coefficient (Wildman–Crippen LogP) is 2.04. The van der Waals surface area contributed by atoms with Crippen LogP contribution in [0.2, 0.25) is 0 Å². The third-order valence-corrected chi connectivity index (χ3v) is 5.59. The Hall–Kier alpha value is -3.47. The molecule has 0 radical (unpaired) electrons. The average molecular weight is 460 g/mol. The summed E-state index contributed by atoms with van der Waals surface area (Å²) in [5, 5.41) is 16.4. The molecule has 0 unspecified atom stereocenters. The molecule has 2 amide bonds. The van der Waals surface area contributed by atoms with Crippen molar-refractivity contribution in [1.82, 2.24) is 15.5 Å². The fourth-order valence-electron chi connectivity index (χ4n) is 4.11. The van der Waals surface area contributed by atoms with Gasteiger partial charge in [0.2, 0.25) is 0 Å². The molecule has 1 aromatic rings. The number of nitrogens with one attached hydrogen (secondary N) is 2. The number of non-ortho nitro benzene ring substituents is 1. The van der Waals surface area contributed by atoms with Gasteiger partial charge in [0, 0.05) is 30.9 Å². The van der Waals surface area contributed by atoms with E-state index in [2.05, 4.69) is 10.6 Å². The number of nitrogens with zero attached hydrogens (tertiary/aromatic N) is 2. The predicted molar refractivity (Wildman–Crippen MR) is 117 cm³/mol. The molecule has 2 N–H and O–H groups in total. The second kappa shape index (κ2) is 10.9. The van der Waals surface area contributed by atoms with Crippen molar-refractivity contribution in [2.75, 3.05) is 32.8 Å². The highest BCUT2D eigenvalue weighted by atomic mass is 16.6. The highest BCUT2D eigenvalue weighted by molar-refractivity contribution is 5.95. The third-order valence-electron chi connectivity index (χ3n) is 5.59. The fraction of sp³-hybridized carbons (Fsp3) is 0.500. The van der Waals surface area contributed by atoms with Crippen LogP contribution in [0.3, 0.4) is 0 Å². The van der Waals surface area contributed by atoms with Gasteiger partial charge >= 0.3 is 18.0 Å². The van der Waals surface area contributed by atoms with Crippen LogP contribution in [-0.4, -0.2) is 60.6 Å². The highest BCUT2D eigenvalue weighted by Gasteiger charge is 2.35. The molecule has 2 aliphatic heterocycles. The summed E-state index contributed by atoms with van der Waals surface area (Å²) in [6.07, 6.45) is 1.50. The smallest absolute Gasteiger partial charge is 0.338 e. The van der Waals surface area contributed by atoms with Gasteiger partial charge < -0.3 is 20.1 Å². The first-order chi connectivity index (χ1) is 15.8. The zero-order chi connectivity index (χ0) is 24.0. The van der Waals surface area contributed by atoms with Crippen LogP contribution in [0.1, 0.15) is 38.3 Å². The van der Waals surface area contributed by atoms with E-state index in [4.69, 9.17) is 9.47 Å². The molecule has 2 heterocycles. The number of esters is 2. The number of rotatable bonds is 8. The van der Waals surface area contributed by atoms with Crippen molar-refractivity contribution in [2.45, 2.75) is 32.7 Å². The second-order valence-electron chi connectivity index (χ2n) is 7.82. The van der Waals surface area contributed by atoms with Crippen molar-refractivity contribution < 1.29 is 28.8 Å². The maximum absolute atomic E-state index is 12.9. The monoisotopic (exact) mass is 460 g/mol. The Bertz CT molecular complexity index is 945. The van der Waals surface area contributed by atoms with E-state index in [9.17, 15) is 24.5 Å². The zero-order valence-corrected chi connectivity index (χ0v) is 18.7. The lowest BCUT2D eigenvalue weighted by Crippen LogP contribution is -2.50. The number of hydrogen-bond acceptors (Lipinski definition) is 8. The number of urea groups is 1. The number of nitro groups is 1. The molecule has 3 rings (SSSR count). The normalized spacial score (nSPS) is 21.1. The van der Waals surface area contributed by atoms with Crippen LogP contribution in [0.5, 0.6) is 0 Å². The van der Waals surface area contributed by atoms with Crippen molar-refractivity contribution in [3.8, 4) is 0 Å². The van der Waals surface area contributed by atoms with Gasteiger partial charge in [0.15, 0.2) is 0 Å². The minimum Gasteiger partial charge on any atom is -0.466 e. The number of nitro benzene ring substituents is 1. The topological polar surface area (TPSA) is 140 Å². The van der Waals surface area contributed by atoms with E-state index < -0.39 is 23.0 Å². The Labute approximate surface area is 191 Å². The standard InChI is InChI=1S/C22H28N4O7/c1-3-32-20(27)15-6-5-11-25(12-15)13-17-18(21(28)33-4-2)19(24-22(29)23-17)14-7-9-16(10-8-14)26(30)31/h7-10,15,19H,3-6,11-13H2,1-2H3,(H2,23,24,29)/t15-,19-/m1/s1. The summed E-state index contributed by atoms with van der Waals surface area (Å²) < 4.78 is 10.4. The molecule has 1 aromatic carbocycles. The molecule has 1 fully saturated rings. The van der Waals surface area contributed by atoms with Gasteiger partial charge in [0.05, 0.1) is 35.7 Å². The number of ether oxygens (including phenoxy) is 2. The van der Waals surface area contributed by atoms with Gasteiger partial charge in [-0.15, -0.1) is 0 Å². The average Bonchev–Trinajstić information content (AvgIpc) is 2.79. The molecule has 2 atom stereocenters. The molecule has 178 valence electrons. The number of hydrogen-bond donors (Lipinski definition) is 2. The van der Waals surface area contributed by atoms with Gasteiger partial charge in [-0.05, 0) is 50.9 Å². The summed E-state index contributed by atoms with van der Waals surface area (Å²) in [6.45, 7) is 5.28. The lowest BCUT2D eigenvalue weighted by atomic mass is 9.93. The maximum Gasteiger partial charge on any atom is 0.338 e. The number of carbonyl (C=O) groups excluding carboxylic acids is 3. The first-order valence-electron chi connectivity index (χ1n) is 10.9. The quantitative estimate of drug-likeness (QED) is 0.341. The minimum absolute atomic E-state index is 0.0979. The summed E-state index contributed by atoms with van der Waals surface area (Å²) in [5.74, 6) is -1.12. The van der Waals surface area contributed by atoms with Crippen LogP contribution in [0.15, 0.2) is 35.5 Å². The van der Waals surface area contributed by atoms with E-state index in [1.807, 2.05) is 4.90 Å². The van der Waals surface area contributed by atoms with E-state index in [0.29, 0.717) is 31.0 Å². The van der Waals surface area contributed by atoms with Gasteiger partial charge in [-0.2, -0.15) is 0 Å². The van der Waals surface area contributed by atoms with Crippen LogP contribution < -0.4 is 10.6 Å². The van der Waals surface area contributed by atoms with Crippen molar-refractivity contribution in [3.63, 3.8) is 0 Å². The zero-order valence-electron chi connectivity index (χ0n) is 18.7. The van der Waals surface area contributed by atoms with E-state index in [1.54, 1.807) is 13.8 Å². The molecule has 11 nitrogen and oxygen atoms in total. The van der Waals surface area contributed by atoms with Crippen molar-refractivity contribution >= 4 is 23.7 Å². The lowest BCUT2D eigenvalue weighted by Gasteiger charge is -2.35. The molecule has 1 saturated heterocycles. The SMILES string of the molecule is CCOC(=O)C1=C(CN2CCC[C@@H](C(=O)OCC)C2)NC(=O)N[C@@H]1c1ccc([N+](=O)[O-])cc1. The van der Waals surface area contributed by atoms with Gasteiger partial charge in [-0.1, -0.05) is 0 Å². The first-order valence-corrected chi connectivity index (χ1v) is 10.9. The molecular weight excluding hydrogens is 432 g/mol. The van der Waals surface area contributed by atoms with Gasteiger partial charge in [-0.25, -0.2) is 9.59 Å². The molecule has 0 aromatic heterocycles. The maximum atomic E-state index is 12.9. The summed E-state index contributed by atoms with van der Waals surface area (Å²) in [4.78, 5) is 50.0. The summed E-state index contributed by atoms with van der Waals surface area (Å²) in [6, 6.07) is 4.31. The summed E-state index contributed by atoms with van der Waals surface area (Å²) in [5.41, 5.74) is 1.02. The van der Waals surface area contributed by atoms with Gasteiger partial charge in [0.1, 0.15) is 0 Å². The van der Waals surface area contributed by atoms with Crippen LogP contribution in [0, 0.1) is 16.0 Å². The number of carbonyl (C=O) groups is 3. The second-order valence-corrected chi connectivity index (χ2v) is 7.82. The van der Waals surface area contributed by atoms with E-state index >= 15 is 0 Å². The van der Waals surface area contributed by atoms with E-state index in [-0.39, 0.29) is 36.3 Å². The van der Waals surface area contributed by atoms with Crippen molar-refractivity contribution in [2.24, 2.45) is 5.92 Å². The van der Waals surface area contributed by atoms with Crippen LogP contribution in [0.25, 0.3) is 0 Å². The Morgan fingerprint density at radius 2 is 1.88 bits per heavy atom. The van der Waals surface area contributed by atoms with Crippen LogP contribution >= 0.6 is 0 Å².